The van der Waals surface area contributed by atoms with Gasteiger partial charge >= 0.3 is 0 Å². The number of fused-ring (bicyclic) bond motifs is 3. The third kappa shape index (κ3) is 2.34. The SMILES string of the molecule is OC(CC1c2nc(Cl)ccc2-c2cncn21)C1CCCCC1. The molecule has 0 saturated heterocycles. The van der Waals surface area contributed by atoms with E-state index < -0.39 is 0 Å². The largest absolute Gasteiger partial charge is 0.393 e. The molecule has 5 heteroatoms. The first-order valence-electron chi connectivity index (χ1n) is 8.11. The van der Waals surface area contributed by atoms with E-state index >= 15 is 0 Å². The fraction of sp³-hybridized carbons (Fsp3) is 0.529. The number of hydrogen-bond acceptors (Lipinski definition) is 3. The average Bonchev–Trinajstić information content (AvgIpc) is 3.11. The first-order chi connectivity index (χ1) is 10.7. The van der Waals surface area contributed by atoms with Crippen LogP contribution >= 0.6 is 11.6 Å². The number of aliphatic hydroxyl groups excluding tert-OH is 1. The van der Waals surface area contributed by atoms with E-state index in [9.17, 15) is 5.11 Å². The second kappa shape index (κ2) is 5.67. The lowest BCUT2D eigenvalue weighted by molar-refractivity contribution is 0.0683. The van der Waals surface area contributed by atoms with Gasteiger partial charge in [0, 0.05) is 12.0 Å². The summed E-state index contributed by atoms with van der Waals surface area (Å²) < 4.78 is 2.13. The van der Waals surface area contributed by atoms with Gasteiger partial charge in [0.2, 0.25) is 0 Å². The molecule has 1 saturated carbocycles. The average molecular weight is 318 g/mol. The van der Waals surface area contributed by atoms with Crippen LogP contribution < -0.4 is 0 Å². The Hall–Kier alpha value is -1.39. The van der Waals surface area contributed by atoms with E-state index in [-0.39, 0.29) is 12.1 Å². The van der Waals surface area contributed by atoms with Gasteiger partial charge < -0.3 is 9.67 Å². The van der Waals surface area contributed by atoms with E-state index in [1.165, 1.54) is 19.3 Å². The van der Waals surface area contributed by atoms with Gasteiger partial charge in [-0.05, 0) is 30.9 Å². The van der Waals surface area contributed by atoms with Gasteiger partial charge in [-0.15, -0.1) is 0 Å². The smallest absolute Gasteiger partial charge is 0.129 e. The van der Waals surface area contributed by atoms with Crippen LogP contribution in [0.2, 0.25) is 5.15 Å². The minimum absolute atomic E-state index is 0.0446. The van der Waals surface area contributed by atoms with Gasteiger partial charge in [-0.2, -0.15) is 0 Å². The molecule has 1 aliphatic heterocycles. The molecule has 0 radical (unpaired) electrons. The highest BCUT2D eigenvalue weighted by atomic mass is 35.5. The molecule has 0 bridgehead atoms. The van der Waals surface area contributed by atoms with Crippen molar-refractivity contribution in [3.05, 3.63) is 35.5 Å². The van der Waals surface area contributed by atoms with Gasteiger partial charge in [0.05, 0.1) is 36.1 Å². The van der Waals surface area contributed by atoms with Crippen LogP contribution in [0.15, 0.2) is 24.7 Å². The molecular weight excluding hydrogens is 298 g/mol. The number of hydrogen-bond donors (Lipinski definition) is 1. The zero-order valence-electron chi connectivity index (χ0n) is 12.5. The molecule has 0 spiro atoms. The highest BCUT2D eigenvalue weighted by Crippen LogP contribution is 2.42. The predicted octanol–water partition coefficient (Wildman–Crippen LogP) is 3.83. The fourth-order valence-electron chi connectivity index (χ4n) is 3.98. The Morgan fingerprint density at radius 1 is 1.27 bits per heavy atom. The lowest BCUT2D eigenvalue weighted by atomic mass is 9.83. The standard InChI is InChI=1S/C17H20ClN3O/c18-16-7-6-12-14-9-19-10-21(14)13(17(12)20-16)8-15(22)11-4-2-1-3-5-11/h6-7,9-11,13,15,22H,1-5,8H2. The maximum absolute atomic E-state index is 10.7. The minimum Gasteiger partial charge on any atom is -0.393 e. The van der Waals surface area contributed by atoms with Crippen molar-refractivity contribution in [2.75, 3.05) is 0 Å². The van der Waals surface area contributed by atoms with Crippen molar-refractivity contribution in [3.63, 3.8) is 0 Å². The molecule has 2 atom stereocenters. The number of nitrogens with zero attached hydrogens (tertiary/aromatic N) is 3. The van der Waals surface area contributed by atoms with Gasteiger partial charge in [-0.3, -0.25) is 0 Å². The molecule has 22 heavy (non-hydrogen) atoms. The van der Waals surface area contributed by atoms with Crippen LogP contribution in [-0.4, -0.2) is 25.7 Å². The van der Waals surface area contributed by atoms with Crippen LogP contribution in [0.4, 0.5) is 0 Å². The van der Waals surface area contributed by atoms with E-state index in [1.54, 1.807) is 0 Å². The van der Waals surface area contributed by atoms with E-state index in [2.05, 4.69) is 14.5 Å². The molecule has 2 aliphatic rings. The van der Waals surface area contributed by atoms with Gasteiger partial charge in [0.25, 0.3) is 0 Å². The molecule has 0 amide bonds. The fourth-order valence-corrected chi connectivity index (χ4v) is 4.13. The third-order valence-electron chi connectivity index (χ3n) is 5.14. The highest BCUT2D eigenvalue weighted by Gasteiger charge is 2.33. The zero-order chi connectivity index (χ0) is 15.1. The predicted molar refractivity (Wildman–Crippen MR) is 85.8 cm³/mol. The Kier molecular flexibility index (Phi) is 3.66. The summed E-state index contributed by atoms with van der Waals surface area (Å²) in [6.45, 7) is 0. The monoisotopic (exact) mass is 317 g/mol. The topological polar surface area (TPSA) is 50.9 Å². The Morgan fingerprint density at radius 2 is 2.09 bits per heavy atom. The summed E-state index contributed by atoms with van der Waals surface area (Å²) in [5, 5.41) is 11.2. The number of imidazole rings is 1. The van der Waals surface area contributed by atoms with Crippen molar-refractivity contribution < 1.29 is 5.11 Å². The van der Waals surface area contributed by atoms with E-state index in [0.717, 1.165) is 29.8 Å². The molecular formula is C17H20ClN3O. The van der Waals surface area contributed by atoms with Gasteiger partial charge in [-0.25, -0.2) is 9.97 Å². The molecule has 1 aliphatic carbocycles. The third-order valence-corrected chi connectivity index (χ3v) is 5.35. The van der Waals surface area contributed by atoms with Crippen molar-refractivity contribution in [2.45, 2.75) is 50.7 Å². The van der Waals surface area contributed by atoms with Crippen molar-refractivity contribution in [2.24, 2.45) is 5.92 Å². The van der Waals surface area contributed by atoms with Gasteiger partial charge in [-0.1, -0.05) is 30.9 Å². The number of rotatable bonds is 3. The molecule has 2 aromatic rings. The van der Waals surface area contributed by atoms with Crippen LogP contribution in [0.25, 0.3) is 11.3 Å². The Labute approximate surface area is 135 Å². The van der Waals surface area contributed by atoms with E-state index in [1.807, 2.05) is 24.7 Å². The van der Waals surface area contributed by atoms with Gasteiger partial charge in [0.1, 0.15) is 5.15 Å². The first kappa shape index (κ1) is 14.2. The van der Waals surface area contributed by atoms with E-state index in [4.69, 9.17) is 11.6 Å². The number of halogens is 1. The summed E-state index contributed by atoms with van der Waals surface area (Å²) in [6.07, 6.45) is 10.2. The van der Waals surface area contributed by atoms with Crippen molar-refractivity contribution >= 4 is 11.6 Å². The molecule has 4 nitrogen and oxygen atoms in total. The second-order valence-electron chi connectivity index (χ2n) is 6.47. The summed E-state index contributed by atoms with van der Waals surface area (Å²) in [7, 11) is 0. The summed E-state index contributed by atoms with van der Waals surface area (Å²) in [6, 6.07) is 3.87. The first-order valence-corrected chi connectivity index (χ1v) is 8.48. The zero-order valence-corrected chi connectivity index (χ0v) is 13.2. The molecule has 116 valence electrons. The minimum atomic E-state index is -0.285. The van der Waals surface area contributed by atoms with Crippen LogP contribution in [0.1, 0.15) is 50.3 Å². The van der Waals surface area contributed by atoms with Crippen LogP contribution in [-0.2, 0) is 0 Å². The lowest BCUT2D eigenvalue weighted by Gasteiger charge is -2.28. The molecule has 3 heterocycles. The van der Waals surface area contributed by atoms with E-state index in [0.29, 0.717) is 17.5 Å². The molecule has 2 unspecified atom stereocenters. The molecule has 4 rings (SSSR count). The van der Waals surface area contributed by atoms with Crippen LogP contribution in [0.3, 0.4) is 0 Å². The van der Waals surface area contributed by atoms with Crippen molar-refractivity contribution in [1.82, 2.24) is 14.5 Å². The normalized spacial score (nSPS) is 22.4. The quantitative estimate of drug-likeness (QED) is 0.875. The highest BCUT2D eigenvalue weighted by molar-refractivity contribution is 6.29. The number of aromatic nitrogens is 3. The Balaban J connectivity index is 1.63. The maximum Gasteiger partial charge on any atom is 0.129 e. The molecule has 0 aromatic carbocycles. The van der Waals surface area contributed by atoms with Crippen molar-refractivity contribution in [3.8, 4) is 11.3 Å². The van der Waals surface area contributed by atoms with Crippen molar-refractivity contribution in [1.29, 1.82) is 0 Å². The van der Waals surface area contributed by atoms with Crippen LogP contribution in [0, 0.1) is 5.92 Å². The molecule has 1 fully saturated rings. The van der Waals surface area contributed by atoms with Gasteiger partial charge in [0.15, 0.2) is 0 Å². The summed E-state index contributed by atoms with van der Waals surface area (Å²) in [4.78, 5) is 8.78. The Morgan fingerprint density at radius 3 is 2.91 bits per heavy atom. The molecule has 2 aromatic heterocycles. The lowest BCUT2D eigenvalue weighted by Crippen LogP contribution is -2.26. The summed E-state index contributed by atoms with van der Waals surface area (Å²) >= 11 is 6.09. The number of aliphatic hydroxyl groups is 1. The maximum atomic E-state index is 10.7. The second-order valence-corrected chi connectivity index (χ2v) is 6.86. The molecule has 1 N–H and O–H groups in total. The van der Waals surface area contributed by atoms with Crippen LogP contribution in [0.5, 0.6) is 0 Å². The number of pyridine rings is 1. The Bertz CT molecular complexity index is 678. The summed E-state index contributed by atoms with van der Waals surface area (Å²) in [5.74, 6) is 0.420. The summed E-state index contributed by atoms with van der Waals surface area (Å²) in [5.41, 5.74) is 3.13.